The van der Waals surface area contributed by atoms with Gasteiger partial charge in [0, 0.05) is 0 Å². The lowest BCUT2D eigenvalue weighted by molar-refractivity contribution is -0.102. The predicted octanol–water partition coefficient (Wildman–Crippen LogP) is 7.65. The topological polar surface area (TPSA) is 12.5 Å². The van der Waals surface area contributed by atoms with E-state index in [1.54, 1.807) is 0 Å². The van der Waals surface area contributed by atoms with Crippen molar-refractivity contribution >= 4 is 0 Å². The number of rotatable bonds is 4. The van der Waals surface area contributed by atoms with E-state index >= 15 is 0 Å². The van der Waals surface area contributed by atoms with Crippen molar-refractivity contribution in [3.05, 3.63) is 12.2 Å². The van der Waals surface area contributed by atoms with E-state index in [1.807, 2.05) is 0 Å². The van der Waals surface area contributed by atoms with Crippen LogP contribution in [-0.2, 0) is 4.74 Å². The van der Waals surface area contributed by atoms with Crippen LogP contribution in [0.1, 0.15) is 99.3 Å². The first kappa shape index (κ1) is 20.6. The average molecular weight is 399 g/mol. The third kappa shape index (κ3) is 2.81. The minimum Gasteiger partial charge on any atom is -0.365 e. The van der Waals surface area contributed by atoms with Crippen LogP contribution in [-0.4, -0.2) is 11.7 Å². The Morgan fingerprint density at radius 1 is 0.828 bits per heavy atom. The fourth-order valence-corrected chi connectivity index (χ4v) is 9.30. The fraction of sp³-hybridized carbons (Fsp3) is 0.929. The predicted molar refractivity (Wildman–Crippen MR) is 122 cm³/mol. The van der Waals surface area contributed by atoms with Crippen LogP contribution in [0.25, 0.3) is 0 Å². The van der Waals surface area contributed by atoms with Crippen molar-refractivity contribution in [3.63, 3.8) is 0 Å². The maximum absolute atomic E-state index is 6.85. The van der Waals surface area contributed by atoms with Crippen molar-refractivity contribution in [1.82, 2.24) is 0 Å². The van der Waals surface area contributed by atoms with Crippen LogP contribution in [0.4, 0.5) is 0 Å². The fourth-order valence-electron chi connectivity index (χ4n) is 9.30. The molecule has 4 saturated carbocycles. The summed E-state index contributed by atoms with van der Waals surface area (Å²) in [4.78, 5) is 0. The number of ether oxygens (including phenoxy) is 1. The molecule has 1 aliphatic heterocycles. The van der Waals surface area contributed by atoms with Gasteiger partial charge in [0.1, 0.15) is 5.60 Å². The number of epoxide rings is 1. The second-order valence-corrected chi connectivity index (χ2v) is 12.8. The molecule has 1 nitrogen and oxygen atoms in total. The highest BCUT2D eigenvalue weighted by Crippen LogP contribution is 2.76. The largest absolute Gasteiger partial charge is 0.365 e. The third-order valence-corrected chi connectivity index (χ3v) is 11.4. The van der Waals surface area contributed by atoms with Gasteiger partial charge in [-0.3, -0.25) is 0 Å². The maximum atomic E-state index is 6.85. The van der Waals surface area contributed by atoms with Crippen molar-refractivity contribution in [2.24, 2.45) is 52.3 Å². The first-order valence-electron chi connectivity index (χ1n) is 13.1. The minimum atomic E-state index is 0.277. The molecule has 164 valence electrons. The highest BCUT2D eigenvalue weighted by atomic mass is 16.6. The molecule has 1 heterocycles. The van der Waals surface area contributed by atoms with E-state index in [9.17, 15) is 0 Å². The highest BCUT2D eigenvalue weighted by molar-refractivity contribution is 5.26. The lowest BCUT2D eigenvalue weighted by Crippen LogP contribution is -2.58. The molecule has 1 heteroatoms. The van der Waals surface area contributed by atoms with Gasteiger partial charge in [-0.15, -0.1) is 0 Å². The van der Waals surface area contributed by atoms with Crippen LogP contribution in [0.3, 0.4) is 0 Å². The lowest BCUT2D eigenvalue weighted by atomic mass is 9.44. The van der Waals surface area contributed by atoms with Crippen molar-refractivity contribution in [3.8, 4) is 0 Å². The van der Waals surface area contributed by atoms with Gasteiger partial charge in [-0.1, -0.05) is 66.5 Å². The smallest absolute Gasteiger partial charge is 0.101 e. The second-order valence-electron chi connectivity index (χ2n) is 12.8. The van der Waals surface area contributed by atoms with Gasteiger partial charge in [0.25, 0.3) is 0 Å². The summed E-state index contributed by atoms with van der Waals surface area (Å²) in [7, 11) is 0. The Balaban J connectivity index is 1.39. The van der Waals surface area contributed by atoms with E-state index in [1.165, 1.54) is 57.8 Å². The summed E-state index contributed by atoms with van der Waals surface area (Å²) in [6.07, 6.45) is 18.7. The van der Waals surface area contributed by atoms with Gasteiger partial charge in [-0.2, -0.15) is 0 Å². The van der Waals surface area contributed by atoms with Gasteiger partial charge in [0.2, 0.25) is 0 Å². The molecule has 5 aliphatic rings. The summed E-state index contributed by atoms with van der Waals surface area (Å²) in [5.74, 6) is 5.60. The molecule has 0 unspecified atom stereocenters. The summed E-state index contributed by atoms with van der Waals surface area (Å²) < 4.78 is 6.85. The summed E-state index contributed by atoms with van der Waals surface area (Å²) in [5, 5.41) is 0. The Hall–Kier alpha value is -0.300. The molecule has 10 atom stereocenters. The third-order valence-electron chi connectivity index (χ3n) is 11.4. The molecule has 0 amide bonds. The van der Waals surface area contributed by atoms with Crippen LogP contribution >= 0.6 is 0 Å². The Morgan fingerprint density at radius 2 is 1.59 bits per heavy atom. The normalized spacial score (nSPS) is 53.1. The molecule has 1 saturated heterocycles. The molecular weight excluding hydrogens is 352 g/mol. The van der Waals surface area contributed by atoms with Crippen molar-refractivity contribution < 1.29 is 4.74 Å². The van der Waals surface area contributed by atoms with Gasteiger partial charge >= 0.3 is 0 Å². The molecular formula is C28H46O. The molecule has 5 fully saturated rings. The highest BCUT2D eigenvalue weighted by Gasteiger charge is 2.78. The van der Waals surface area contributed by atoms with Crippen molar-refractivity contribution in [1.29, 1.82) is 0 Å². The van der Waals surface area contributed by atoms with Gasteiger partial charge in [-0.25, -0.2) is 0 Å². The molecule has 29 heavy (non-hydrogen) atoms. The molecule has 0 bridgehead atoms. The summed E-state index contributed by atoms with van der Waals surface area (Å²) in [5.41, 5.74) is 1.34. The van der Waals surface area contributed by atoms with Gasteiger partial charge in [0.15, 0.2) is 0 Å². The standard InChI is InChI=1S/C28H46O/c1-18(2)19(3)10-11-20(4)22-12-13-23-27(22,6)16-14-24-26(5)15-8-7-9-21(26)17-25-28(23,24)29-25/h10-11,18-25H,7-9,12-17H2,1-6H3/b11-10+/t19-,20+,21+,22-,23+,24-,25+,26-,27+,28-/m0/s1. The van der Waals surface area contributed by atoms with E-state index in [4.69, 9.17) is 4.74 Å². The maximum Gasteiger partial charge on any atom is 0.101 e. The molecule has 4 aliphatic carbocycles. The summed E-state index contributed by atoms with van der Waals surface area (Å²) in [6.45, 7) is 14.9. The molecule has 0 aromatic carbocycles. The number of fused-ring (bicyclic) bond motifs is 3. The second kappa shape index (κ2) is 6.85. The summed E-state index contributed by atoms with van der Waals surface area (Å²) >= 11 is 0. The Morgan fingerprint density at radius 3 is 2.34 bits per heavy atom. The SMILES string of the molecule is CC(C)[C@@H](C)/C=C/[C@@H](C)[C@@H]1CC[C@@H]2[C@]1(C)CC[C@H]1[C@@]3(C)CCCC[C@@H]3C[C@H]3O[C@]231. The molecule has 0 aromatic rings. The quantitative estimate of drug-likeness (QED) is 0.350. The van der Waals surface area contributed by atoms with Gasteiger partial charge < -0.3 is 4.74 Å². The van der Waals surface area contributed by atoms with E-state index in [2.05, 4.69) is 53.7 Å². The zero-order valence-electron chi connectivity index (χ0n) is 20.0. The molecule has 0 aromatic heterocycles. The first-order valence-corrected chi connectivity index (χ1v) is 13.1. The Labute approximate surface area is 180 Å². The summed E-state index contributed by atoms with van der Waals surface area (Å²) in [6, 6.07) is 0. The van der Waals surface area contributed by atoms with E-state index in [-0.39, 0.29) is 5.60 Å². The van der Waals surface area contributed by atoms with Crippen LogP contribution in [0.5, 0.6) is 0 Å². The number of hydrogen-bond donors (Lipinski definition) is 0. The van der Waals surface area contributed by atoms with Crippen LogP contribution in [0, 0.1) is 52.3 Å². The average Bonchev–Trinajstić information content (AvgIpc) is 3.26. The Kier molecular flexibility index (Phi) is 4.86. The van der Waals surface area contributed by atoms with Crippen molar-refractivity contribution in [2.45, 2.75) is 111 Å². The molecule has 1 spiro atoms. The van der Waals surface area contributed by atoms with E-state index in [0.29, 0.717) is 28.8 Å². The molecule has 0 N–H and O–H groups in total. The first-order chi connectivity index (χ1) is 13.7. The van der Waals surface area contributed by atoms with E-state index in [0.717, 1.165) is 29.6 Å². The number of allylic oxidation sites excluding steroid dienone is 2. The zero-order chi connectivity index (χ0) is 20.6. The van der Waals surface area contributed by atoms with Gasteiger partial charge in [0.05, 0.1) is 6.10 Å². The van der Waals surface area contributed by atoms with Crippen molar-refractivity contribution in [2.75, 3.05) is 0 Å². The number of hydrogen-bond acceptors (Lipinski definition) is 1. The van der Waals surface area contributed by atoms with E-state index < -0.39 is 0 Å². The van der Waals surface area contributed by atoms with Crippen LogP contribution < -0.4 is 0 Å². The minimum absolute atomic E-state index is 0.277. The molecule has 0 radical (unpaired) electrons. The van der Waals surface area contributed by atoms with Gasteiger partial charge in [-0.05, 0) is 97.2 Å². The Bertz CT molecular complexity index is 665. The zero-order valence-corrected chi connectivity index (χ0v) is 20.0. The van der Waals surface area contributed by atoms with Crippen LogP contribution in [0.2, 0.25) is 0 Å². The lowest BCUT2D eigenvalue weighted by Gasteiger charge is -2.59. The monoisotopic (exact) mass is 398 g/mol. The molecule has 5 rings (SSSR count). The van der Waals surface area contributed by atoms with Crippen LogP contribution in [0.15, 0.2) is 12.2 Å².